The molecule has 0 aromatic carbocycles. The van der Waals surface area contributed by atoms with Crippen LogP contribution in [0.1, 0.15) is 32.1 Å². The maximum atomic E-state index is 12.0. The predicted octanol–water partition coefficient (Wildman–Crippen LogP) is 2.42. The molecule has 1 aromatic heterocycles. The number of hydrogen-bond donors (Lipinski definition) is 1. The minimum absolute atomic E-state index is 0.0216. The average molecular weight is 384 g/mol. The summed E-state index contributed by atoms with van der Waals surface area (Å²) in [6, 6.07) is 1.80. The molecule has 0 bridgehead atoms. The van der Waals surface area contributed by atoms with Crippen molar-refractivity contribution >= 4 is 35.1 Å². The van der Waals surface area contributed by atoms with Gasteiger partial charge in [0.05, 0.1) is 5.75 Å². The first-order chi connectivity index (χ1) is 12.2. The molecule has 8 heteroatoms. The maximum Gasteiger partial charge on any atom is 0.230 e. The normalized spacial score (nSPS) is 18.5. The number of nitrogens with zero attached hydrogens (tertiary/aromatic N) is 4. The van der Waals surface area contributed by atoms with Gasteiger partial charge in [-0.3, -0.25) is 4.79 Å². The molecule has 1 N–H and O–H groups in total. The van der Waals surface area contributed by atoms with Crippen LogP contribution in [0.25, 0.3) is 0 Å². The lowest BCUT2D eigenvalue weighted by molar-refractivity contribution is -0.118. The zero-order chi connectivity index (χ0) is 17.5. The standard InChI is InChI=1S/C17H26ClN5OS/c18-14-12-15(23-9-4-5-10-23)21-17(20-14)25-13-16(24)19-6-11-22-7-2-1-3-8-22/h12H,1-11,13H2,(H,19,24). The Kier molecular flexibility index (Phi) is 7.19. The number of piperidine rings is 1. The summed E-state index contributed by atoms with van der Waals surface area (Å²) in [5, 5.41) is 3.99. The van der Waals surface area contributed by atoms with Gasteiger partial charge < -0.3 is 15.1 Å². The number of hydrogen-bond acceptors (Lipinski definition) is 6. The van der Waals surface area contributed by atoms with Crippen molar-refractivity contribution in [1.82, 2.24) is 20.2 Å². The Morgan fingerprint density at radius 1 is 1.12 bits per heavy atom. The van der Waals surface area contributed by atoms with Crippen LogP contribution in [0.4, 0.5) is 5.82 Å². The smallest absolute Gasteiger partial charge is 0.230 e. The van der Waals surface area contributed by atoms with E-state index < -0.39 is 0 Å². The lowest BCUT2D eigenvalue weighted by Crippen LogP contribution is -2.38. The van der Waals surface area contributed by atoms with E-state index >= 15 is 0 Å². The number of likely N-dealkylation sites (tertiary alicyclic amines) is 1. The highest BCUT2D eigenvalue weighted by Crippen LogP contribution is 2.24. The van der Waals surface area contributed by atoms with Crippen molar-refractivity contribution in [3.63, 3.8) is 0 Å². The molecular weight excluding hydrogens is 358 g/mol. The highest BCUT2D eigenvalue weighted by atomic mass is 35.5. The van der Waals surface area contributed by atoms with Crippen molar-refractivity contribution in [2.75, 3.05) is 49.9 Å². The molecule has 0 unspecified atom stereocenters. The summed E-state index contributed by atoms with van der Waals surface area (Å²) in [6.07, 6.45) is 6.25. The maximum absolute atomic E-state index is 12.0. The van der Waals surface area contributed by atoms with Gasteiger partial charge in [0.15, 0.2) is 5.16 Å². The van der Waals surface area contributed by atoms with E-state index in [9.17, 15) is 4.79 Å². The largest absolute Gasteiger partial charge is 0.356 e. The molecule has 0 aliphatic carbocycles. The summed E-state index contributed by atoms with van der Waals surface area (Å²) in [4.78, 5) is 25.4. The fourth-order valence-electron chi connectivity index (χ4n) is 3.28. The van der Waals surface area contributed by atoms with Gasteiger partial charge >= 0.3 is 0 Å². The highest BCUT2D eigenvalue weighted by molar-refractivity contribution is 7.99. The molecule has 3 rings (SSSR count). The first-order valence-corrected chi connectivity index (χ1v) is 10.5. The third kappa shape index (κ3) is 6.01. The lowest BCUT2D eigenvalue weighted by Gasteiger charge is -2.26. The van der Waals surface area contributed by atoms with Crippen LogP contribution >= 0.6 is 23.4 Å². The quantitative estimate of drug-likeness (QED) is 0.443. The van der Waals surface area contributed by atoms with E-state index in [1.54, 1.807) is 6.07 Å². The molecule has 0 spiro atoms. The second kappa shape index (κ2) is 9.59. The van der Waals surface area contributed by atoms with Crippen molar-refractivity contribution < 1.29 is 4.79 Å². The zero-order valence-electron chi connectivity index (χ0n) is 14.5. The van der Waals surface area contributed by atoms with Gasteiger partial charge in [-0.15, -0.1) is 0 Å². The summed E-state index contributed by atoms with van der Waals surface area (Å²) in [5.41, 5.74) is 0. The van der Waals surface area contributed by atoms with E-state index in [0.29, 0.717) is 22.6 Å². The number of carbonyl (C=O) groups is 1. The van der Waals surface area contributed by atoms with Crippen molar-refractivity contribution in [3.05, 3.63) is 11.2 Å². The fraction of sp³-hybridized carbons (Fsp3) is 0.706. The number of nitrogens with one attached hydrogen (secondary N) is 1. The fourth-order valence-corrected chi connectivity index (χ4v) is 4.19. The molecule has 138 valence electrons. The second-order valence-electron chi connectivity index (χ2n) is 6.57. The van der Waals surface area contributed by atoms with Gasteiger partial charge in [-0.25, -0.2) is 9.97 Å². The van der Waals surface area contributed by atoms with Gasteiger partial charge in [-0.05, 0) is 38.8 Å². The van der Waals surface area contributed by atoms with Gasteiger partial charge in [-0.1, -0.05) is 29.8 Å². The summed E-state index contributed by atoms with van der Waals surface area (Å²) in [6.45, 7) is 5.96. The Morgan fingerprint density at radius 3 is 2.60 bits per heavy atom. The van der Waals surface area contributed by atoms with Crippen LogP contribution in [0, 0.1) is 0 Å². The predicted molar refractivity (Wildman–Crippen MR) is 103 cm³/mol. The lowest BCUT2D eigenvalue weighted by atomic mass is 10.1. The zero-order valence-corrected chi connectivity index (χ0v) is 16.1. The third-order valence-corrected chi connectivity index (χ3v) is 5.66. The molecule has 0 saturated carbocycles. The van der Waals surface area contributed by atoms with Crippen LogP contribution in [0.5, 0.6) is 0 Å². The van der Waals surface area contributed by atoms with Crippen molar-refractivity contribution in [3.8, 4) is 0 Å². The number of anilines is 1. The first kappa shape index (κ1) is 18.7. The molecule has 0 radical (unpaired) electrons. The number of rotatable bonds is 7. The molecule has 2 aliphatic rings. The molecule has 2 aliphatic heterocycles. The second-order valence-corrected chi connectivity index (χ2v) is 7.90. The molecular formula is C17H26ClN5OS. The summed E-state index contributed by atoms with van der Waals surface area (Å²) in [7, 11) is 0. The van der Waals surface area contributed by atoms with E-state index in [1.165, 1.54) is 43.9 Å². The Morgan fingerprint density at radius 2 is 1.84 bits per heavy atom. The van der Waals surface area contributed by atoms with Gasteiger partial charge in [0.25, 0.3) is 0 Å². The third-order valence-electron chi connectivity index (χ3n) is 4.62. The van der Waals surface area contributed by atoms with Crippen LogP contribution in [-0.4, -0.2) is 65.8 Å². The van der Waals surface area contributed by atoms with E-state index in [2.05, 4.69) is 25.1 Å². The molecule has 25 heavy (non-hydrogen) atoms. The van der Waals surface area contributed by atoms with Crippen molar-refractivity contribution in [1.29, 1.82) is 0 Å². The number of aromatic nitrogens is 2. The van der Waals surface area contributed by atoms with Gasteiger partial charge in [0.2, 0.25) is 5.91 Å². The van der Waals surface area contributed by atoms with Crippen LogP contribution < -0.4 is 10.2 Å². The van der Waals surface area contributed by atoms with Gasteiger partial charge in [0, 0.05) is 32.2 Å². The molecule has 2 saturated heterocycles. The van der Waals surface area contributed by atoms with Crippen LogP contribution in [0.3, 0.4) is 0 Å². The molecule has 2 fully saturated rings. The topological polar surface area (TPSA) is 61.4 Å². The Hall–Kier alpha value is -1.05. The van der Waals surface area contributed by atoms with Crippen molar-refractivity contribution in [2.24, 2.45) is 0 Å². The van der Waals surface area contributed by atoms with E-state index in [1.807, 2.05) is 0 Å². The summed E-state index contributed by atoms with van der Waals surface area (Å²) in [5.74, 6) is 1.21. The Bertz CT molecular complexity index is 576. The van der Waals surface area contributed by atoms with E-state index in [0.717, 1.165) is 38.5 Å². The molecule has 3 heterocycles. The first-order valence-electron chi connectivity index (χ1n) is 9.12. The van der Waals surface area contributed by atoms with Crippen LogP contribution in [-0.2, 0) is 4.79 Å². The molecule has 0 atom stereocenters. The average Bonchev–Trinajstić information content (AvgIpc) is 3.15. The summed E-state index contributed by atoms with van der Waals surface area (Å²) < 4.78 is 0. The number of amides is 1. The highest BCUT2D eigenvalue weighted by Gasteiger charge is 2.16. The molecule has 6 nitrogen and oxygen atoms in total. The van der Waals surface area contributed by atoms with Gasteiger partial charge in [0.1, 0.15) is 11.0 Å². The Balaban J connectivity index is 1.42. The van der Waals surface area contributed by atoms with Crippen LogP contribution in [0.2, 0.25) is 5.15 Å². The number of thioether (sulfide) groups is 1. The number of carbonyl (C=O) groups excluding carboxylic acids is 1. The molecule has 1 amide bonds. The SMILES string of the molecule is O=C(CSc1nc(Cl)cc(N2CCCC2)n1)NCCN1CCCCC1. The summed E-state index contributed by atoms with van der Waals surface area (Å²) >= 11 is 7.46. The monoisotopic (exact) mass is 383 g/mol. The molecule has 1 aromatic rings. The Labute approximate surface area is 158 Å². The van der Waals surface area contributed by atoms with E-state index in [-0.39, 0.29) is 5.91 Å². The minimum atomic E-state index is 0.0216. The van der Waals surface area contributed by atoms with Crippen LogP contribution in [0.15, 0.2) is 11.2 Å². The van der Waals surface area contributed by atoms with E-state index in [4.69, 9.17) is 11.6 Å². The van der Waals surface area contributed by atoms with Crippen molar-refractivity contribution in [2.45, 2.75) is 37.3 Å². The number of halogens is 1. The minimum Gasteiger partial charge on any atom is -0.356 e. The van der Waals surface area contributed by atoms with Gasteiger partial charge in [-0.2, -0.15) is 0 Å².